The number of nitrogens with one attached hydrogen (secondary N) is 1. The van der Waals surface area contributed by atoms with Crippen molar-refractivity contribution in [2.75, 3.05) is 6.54 Å². The number of nitrogens with two attached hydrogens (primary N) is 1. The van der Waals surface area contributed by atoms with Crippen molar-refractivity contribution in [3.05, 3.63) is 18.7 Å². The summed E-state index contributed by atoms with van der Waals surface area (Å²) in [7, 11) is 0. The topological polar surface area (TPSA) is 72.9 Å². The molecule has 2 unspecified atom stereocenters. The molecule has 17 heavy (non-hydrogen) atoms. The van der Waals surface area contributed by atoms with Gasteiger partial charge in [-0.25, -0.2) is 4.98 Å². The molecule has 2 atom stereocenters. The molecule has 0 fully saturated rings. The van der Waals surface area contributed by atoms with E-state index in [9.17, 15) is 4.79 Å². The normalized spacial score (nSPS) is 14.3. The molecule has 5 heteroatoms. The van der Waals surface area contributed by atoms with Crippen LogP contribution < -0.4 is 11.1 Å². The van der Waals surface area contributed by atoms with Gasteiger partial charge in [-0.05, 0) is 12.3 Å². The fourth-order valence-electron chi connectivity index (χ4n) is 1.67. The van der Waals surface area contributed by atoms with E-state index in [2.05, 4.69) is 17.2 Å². The highest BCUT2D eigenvalue weighted by molar-refractivity contribution is 5.81. The van der Waals surface area contributed by atoms with Gasteiger partial charge in [0.1, 0.15) is 0 Å². The molecule has 5 nitrogen and oxygen atoms in total. The fraction of sp³-hybridized carbons (Fsp3) is 0.667. The third-order valence-electron chi connectivity index (χ3n) is 2.64. The quantitative estimate of drug-likeness (QED) is 0.736. The summed E-state index contributed by atoms with van der Waals surface area (Å²) in [6.45, 7) is 5.61. The minimum Gasteiger partial charge on any atom is -0.354 e. The number of hydrogen-bond acceptors (Lipinski definition) is 3. The molecule has 1 rings (SSSR count). The molecule has 0 aromatic carbocycles. The molecule has 0 aliphatic heterocycles. The number of aromatic nitrogens is 2. The summed E-state index contributed by atoms with van der Waals surface area (Å²) >= 11 is 0. The first-order valence-corrected chi connectivity index (χ1v) is 6.12. The number of amides is 1. The van der Waals surface area contributed by atoms with Crippen LogP contribution in [0.4, 0.5) is 0 Å². The van der Waals surface area contributed by atoms with Crippen molar-refractivity contribution in [2.24, 2.45) is 11.7 Å². The summed E-state index contributed by atoms with van der Waals surface area (Å²) in [6, 6.07) is -0.375. The van der Waals surface area contributed by atoms with Gasteiger partial charge in [0, 0.05) is 25.5 Å². The molecule has 0 saturated heterocycles. The summed E-state index contributed by atoms with van der Waals surface area (Å²) in [5, 5.41) is 2.88. The maximum absolute atomic E-state index is 11.6. The van der Waals surface area contributed by atoms with Crippen molar-refractivity contribution < 1.29 is 4.79 Å². The molecular formula is C12H22N4O. The largest absolute Gasteiger partial charge is 0.354 e. The second-order valence-corrected chi connectivity index (χ2v) is 4.50. The van der Waals surface area contributed by atoms with E-state index >= 15 is 0 Å². The van der Waals surface area contributed by atoms with Crippen LogP contribution in [0, 0.1) is 5.92 Å². The van der Waals surface area contributed by atoms with E-state index < -0.39 is 0 Å². The number of hydrogen-bond donors (Lipinski definition) is 2. The van der Waals surface area contributed by atoms with Gasteiger partial charge < -0.3 is 15.6 Å². The molecule has 0 bridgehead atoms. The first kappa shape index (κ1) is 13.7. The second kappa shape index (κ2) is 7.06. The SMILES string of the molecule is CCCC(N)C(=O)NCC(C)Cn1ccnc1. The molecule has 0 spiro atoms. The average molecular weight is 238 g/mol. The van der Waals surface area contributed by atoms with Crippen LogP contribution in [0.1, 0.15) is 26.7 Å². The van der Waals surface area contributed by atoms with E-state index in [-0.39, 0.29) is 11.9 Å². The summed E-state index contributed by atoms with van der Waals surface area (Å²) < 4.78 is 2.00. The lowest BCUT2D eigenvalue weighted by atomic mass is 10.1. The van der Waals surface area contributed by atoms with Gasteiger partial charge in [0.2, 0.25) is 5.91 Å². The Morgan fingerprint density at radius 2 is 2.35 bits per heavy atom. The zero-order chi connectivity index (χ0) is 12.7. The molecule has 0 saturated carbocycles. The van der Waals surface area contributed by atoms with Crippen LogP contribution in [0.15, 0.2) is 18.7 Å². The Hall–Kier alpha value is -1.36. The van der Waals surface area contributed by atoms with Crippen LogP contribution in [-0.4, -0.2) is 28.0 Å². The Kier molecular flexibility index (Phi) is 5.69. The Morgan fingerprint density at radius 3 is 2.94 bits per heavy atom. The number of rotatable bonds is 7. The highest BCUT2D eigenvalue weighted by Crippen LogP contribution is 1.99. The molecule has 1 amide bonds. The van der Waals surface area contributed by atoms with Crippen molar-refractivity contribution >= 4 is 5.91 Å². The first-order valence-electron chi connectivity index (χ1n) is 6.12. The predicted octanol–water partition coefficient (Wildman–Crippen LogP) is 0.763. The Bertz CT molecular complexity index is 323. The van der Waals surface area contributed by atoms with Crippen molar-refractivity contribution in [3.8, 4) is 0 Å². The van der Waals surface area contributed by atoms with Crippen LogP contribution in [0.2, 0.25) is 0 Å². The third kappa shape index (κ3) is 4.99. The van der Waals surface area contributed by atoms with E-state index in [0.29, 0.717) is 12.5 Å². The lowest BCUT2D eigenvalue weighted by molar-refractivity contribution is -0.122. The lowest BCUT2D eigenvalue weighted by Gasteiger charge is -2.15. The maximum Gasteiger partial charge on any atom is 0.236 e. The van der Waals surface area contributed by atoms with Crippen LogP contribution in [0.25, 0.3) is 0 Å². The summed E-state index contributed by atoms with van der Waals surface area (Å²) in [5.41, 5.74) is 5.72. The van der Waals surface area contributed by atoms with Crippen molar-refractivity contribution in [1.82, 2.24) is 14.9 Å². The van der Waals surface area contributed by atoms with Gasteiger partial charge in [0.05, 0.1) is 12.4 Å². The van der Waals surface area contributed by atoms with Crippen LogP contribution >= 0.6 is 0 Å². The number of carbonyl (C=O) groups is 1. The monoisotopic (exact) mass is 238 g/mol. The number of nitrogens with zero attached hydrogens (tertiary/aromatic N) is 2. The molecule has 0 radical (unpaired) electrons. The second-order valence-electron chi connectivity index (χ2n) is 4.50. The molecule has 0 aliphatic rings. The lowest BCUT2D eigenvalue weighted by Crippen LogP contribution is -2.42. The fourth-order valence-corrected chi connectivity index (χ4v) is 1.67. The van der Waals surface area contributed by atoms with Gasteiger partial charge in [-0.2, -0.15) is 0 Å². The summed E-state index contributed by atoms with van der Waals surface area (Å²) in [4.78, 5) is 15.6. The van der Waals surface area contributed by atoms with E-state index in [1.165, 1.54) is 0 Å². The third-order valence-corrected chi connectivity index (χ3v) is 2.64. The molecule has 0 aliphatic carbocycles. The minimum atomic E-state index is -0.375. The van der Waals surface area contributed by atoms with Gasteiger partial charge in [-0.1, -0.05) is 20.3 Å². The number of imidazole rings is 1. The van der Waals surface area contributed by atoms with Gasteiger partial charge in [-0.15, -0.1) is 0 Å². The summed E-state index contributed by atoms with van der Waals surface area (Å²) in [5.74, 6) is 0.311. The zero-order valence-electron chi connectivity index (χ0n) is 10.6. The molecule has 1 aromatic rings. The highest BCUT2D eigenvalue weighted by atomic mass is 16.2. The van der Waals surface area contributed by atoms with Gasteiger partial charge in [0.25, 0.3) is 0 Å². The van der Waals surface area contributed by atoms with Gasteiger partial charge in [0.15, 0.2) is 0 Å². The molecule has 1 heterocycles. The Labute approximate surface area is 102 Å². The van der Waals surface area contributed by atoms with Gasteiger partial charge >= 0.3 is 0 Å². The molecule has 3 N–H and O–H groups in total. The van der Waals surface area contributed by atoms with Crippen LogP contribution in [-0.2, 0) is 11.3 Å². The van der Waals surface area contributed by atoms with E-state index in [4.69, 9.17) is 5.73 Å². The summed E-state index contributed by atoms with van der Waals surface area (Å²) in [6.07, 6.45) is 7.12. The van der Waals surface area contributed by atoms with E-state index in [0.717, 1.165) is 19.4 Å². The van der Waals surface area contributed by atoms with E-state index in [1.807, 2.05) is 17.7 Å². The Morgan fingerprint density at radius 1 is 1.59 bits per heavy atom. The Balaban J connectivity index is 2.23. The molecular weight excluding hydrogens is 216 g/mol. The van der Waals surface area contributed by atoms with Crippen molar-refractivity contribution in [1.29, 1.82) is 0 Å². The predicted molar refractivity (Wildman–Crippen MR) is 67.3 cm³/mol. The first-order chi connectivity index (χ1) is 8.13. The zero-order valence-corrected chi connectivity index (χ0v) is 10.6. The van der Waals surface area contributed by atoms with E-state index in [1.54, 1.807) is 12.5 Å². The van der Waals surface area contributed by atoms with Crippen molar-refractivity contribution in [3.63, 3.8) is 0 Å². The van der Waals surface area contributed by atoms with Crippen LogP contribution in [0.3, 0.4) is 0 Å². The van der Waals surface area contributed by atoms with Crippen molar-refractivity contribution in [2.45, 2.75) is 39.3 Å². The highest BCUT2D eigenvalue weighted by Gasteiger charge is 2.12. The maximum atomic E-state index is 11.6. The molecule has 96 valence electrons. The van der Waals surface area contributed by atoms with Crippen LogP contribution in [0.5, 0.6) is 0 Å². The average Bonchev–Trinajstić information content (AvgIpc) is 2.79. The standard InChI is InChI=1S/C12H22N4O/c1-3-4-11(13)12(17)15-7-10(2)8-16-6-5-14-9-16/h5-6,9-11H,3-4,7-8,13H2,1-2H3,(H,15,17). The van der Waals surface area contributed by atoms with Gasteiger partial charge in [-0.3, -0.25) is 4.79 Å². The smallest absolute Gasteiger partial charge is 0.236 e. The minimum absolute atomic E-state index is 0.0515. The number of carbonyl (C=O) groups excluding carboxylic acids is 1. The molecule has 1 aromatic heterocycles.